The Labute approximate surface area is 170 Å². The molecule has 0 spiro atoms. The van der Waals surface area contributed by atoms with Crippen LogP contribution in [0, 0.1) is 0 Å². The normalized spacial score (nSPS) is 14.7. The molecule has 2 aromatic carbocycles. The molecule has 3 rings (SSSR count). The van der Waals surface area contributed by atoms with Crippen LogP contribution in [-0.2, 0) is 23.0 Å². The molecule has 2 amide bonds. The molecule has 8 nitrogen and oxygen atoms in total. The first-order valence-electron chi connectivity index (χ1n) is 9.15. The van der Waals surface area contributed by atoms with Gasteiger partial charge in [0.05, 0.1) is 25.2 Å². The Morgan fingerprint density at radius 3 is 2.41 bits per heavy atom. The summed E-state index contributed by atoms with van der Waals surface area (Å²) < 4.78 is 33.8. The van der Waals surface area contributed by atoms with Crippen LogP contribution in [0.2, 0.25) is 0 Å². The Hall–Kier alpha value is -2.78. The zero-order valence-electron chi connectivity index (χ0n) is 16.6. The molecule has 9 heteroatoms. The van der Waals surface area contributed by atoms with E-state index >= 15 is 0 Å². The lowest BCUT2D eigenvalue weighted by molar-refractivity contribution is 0.189. The molecule has 1 aliphatic heterocycles. The molecule has 156 valence electrons. The van der Waals surface area contributed by atoms with Gasteiger partial charge in [-0.15, -0.1) is 0 Å². The number of urea groups is 1. The quantitative estimate of drug-likeness (QED) is 0.772. The van der Waals surface area contributed by atoms with E-state index in [2.05, 4.69) is 5.32 Å². The first kappa shape index (κ1) is 20.9. The highest BCUT2D eigenvalue weighted by atomic mass is 32.2. The van der Waals surface area contributed by atoms with E-state index in [-0.39, 0.29) is 17.0 Å². The highest BCUT2D eigenvalue weighted by Crippen LogP contribution is 2.33. The average Bonchev–Trinajstić information content (AvgIpc) is 2.71. The number of primary sulfonamides is 1. The molecule has 1 aliphatic rings. The maximum absolute atomic E-state index is 12.8. The van der Waals surface area contributed by atoms with Gasteiger partial charge in [0.15, 0.2) is 11.5 Å². The van der Waals surface area contributed by atoms with Gasteiger partial charge < -0.3 is 19.7 Å². The van der Waals surface area contributed by atoms with Gasteiger partial charge in [0, 0.05) is 13.1 Å². The van der Waals surface area contributed by atoms with Crippen LogP contribution in [0.5, 0.6) is 11.5 Å². The number of fused-ring (bicyclic) bond motifs is 1. The molecular formula is C20H25N3O5S. The molecule has 1 heterocycles. The van der Waals surface area contributed by atoms with Gasteiger partial charge in [0.25, 0.3) is 0 Å². The summed E-state index contributed by atoms with van der Waals surface area (Å²) in [5.74, 6) is 1.30. The van der Waals surface area contributed by atoms with Gasteiger partial charge in [-0.2, -0.15) is 0 Å². The fourth-order valence-electron chi connectivity index (χ4n) is 3.38. The van der Waals surface area contributed by atoms with E-state index in [1.165, 1.54) is 12.1 Å². The molecule has 0 saturated carbocycles. The van der Waals surface area contributed by atoms with E-state index < -0.39 is 10.0 Å². The van der Waals surface area contributed by atoms with E-state index in [1.54, 1.807) is 38.2 Å². The Morgan fingerprint density at radius 1 is 1.14 bits per heavy atom. The van der Waals surface area contributed by atoms with Gasteiger partial charge in [-0.1, -0.05) is 12.1 Å². The lowest BCUT2D eigenvalue weighted by Crippen LogP contribution is -2.43. The smallest absolute Gasteiger partial charge is 0.318 e. The Morgan fingerprint density at radius 2 is 1.79 bits per heavy atom. The maximum Gasteiger partial charge on any atom is 0.318 e. The topological polar surface area (TPSA) is 111 Å². The second-order valence-electron chi connectivity index (χ2n) is 6.94. The van der Waals surface area contributed by atoms with Crippen molar-refractivity contribution in [1.29, 1.82) is 0 Å². The van der Waals surface area contributed by atoms with Gasteiger partial charge in [0.2, 0.25) is 10.0 Å². The van der Waals surface area contributed by atoms with Crippen molar-refractivity contribution in [2.75, 3.05) is 20.8 Å². The molecule has 29 heavy (non-hydrogen) atoms. The number of nitrogens with one attached hydrogen (secondary N) is 1. The zero-order valence-corrected chi connectivity index (χ0v) is 17.5. The summed E-state index contributed by atoms with van der Waals surface area (Å²) in [6.07, 6.45) is 0.707. The minimum atomic E-state index is -3.80. The molecule has 0 saturated heterocycles. The van der Waals surface area contributed by atoms with E-state index in [4.69, 9.17) is 14.6 Å². The monoisotopic (exact) mass is 419 g/mol. The van der Waals surface area contributed by atoms with E-state index in [0.717, 1.165) is 11.1 Å². The average molecular weight is 420 g/mol. The minimum Gasteiger partial charge on any atom is -0.493 e. The standard InChI is InChI=1S/C20H25N3O5S/c1-13(14-5-4-6-17(9-14)29(21,25)26)22-20(24)23-8-7-15-10-18(27-2)19(28-3)11-16(15)12-23/h4-6,9-11,13H,7-8,12H2,1-3H3,(H,22,24)(H2,21,25,26). The molecule has 0 radical (unpaired) electrons. The number of sulfonamides is 1. The van der Waals surface area contributed by atoms with Crippen LogP contribution >= 0.6 is 0 Å². The number of amides is 2. The van der Waals surface area contributed by atoms with Gasteiger partial charge in [0.1, 0.15) is 0 Å². The zero-order chi connectivity index (χ0) is 21.2. The van der Waals surface area contributed by atoms with Crippen molar-refractivity contribution in [2.24, 2.45) is 5.14 Å². The lowest BCUT2D eigenvalue weighted by atomic mass is 9.99. The van der Waals surface area contributed by atoms with Crippen LogP contribution in [0.25, 0.3) is 0 Å². The van der Waals surface area contributed by atoms with Gasteiger partial charge in [-0.3, -0.25) is 0 Å². The third-order valence-corrected chi connectivity index (χ3v) is 5.94. The molecule has 0 bridgehead atoms. The largest absolute Gasteiger partial charge is 0.493 e. The van der Waals surface area contributed by atoms with Crippen molar-refractivity contribution in [1.82, 2.24) is 10.2 Å². The Bertz CT molecular complexity index is 1020. The summed E-state index contributed by atoms with van der Waals surface area (Å²) in [5.41, 5.74) is 2.79. The molecule has 2 aromatic rings. The number of hydrogen-bond acceptors (Lipinski definition) is 5. The molecule has 0 aromatic heterocycles. The van der Waals surface area contributed by atoms with Crippen LogP contribution in [-0.4, -0.2) is 40.1 Å². The molecule has 1 unspecified atom stereocenters. The first-order chi connectivity index (χ1) is 13.7. The molecule has 1 atom stereocenters. The predicted octanol–water partition coefficient (Wildman–Crippen LogP) is 2.18. The van der Waals surface area contributed by atoms with Crippen LogP contribution in [0.1, 0.15) is 29.7 Å². The van der Waals surface area contributed by atoms with Crippen LogP contribution in [0.15, 0.2) is 41.3 Å². The van der Waals surface area contributed by atoms with E-state index in [9.17, 15) is 13.2 Å². The summed E-state index contributed by atoms with van der Waals surface area (Å²) >= 11 is 0. The first-order valence-corrected chi connectivity index (χ1v) is 10.7. The lowest BCUT2D eigenvalue weighted by Gasteiger charge is -2.31. The summed E-state index contributed by atoms with van der Waals surface area (Å²) in [6, 6.07) is 9.50. The number of methoxy groups -OCH3 is 2. The molecule has 3 N–H and O–H groups in total. The minimum absolute atomic E-state index is 0.0176. The number of nitrogens with two attached hydrogens (primary N) is 1. The fraction of sp³-hybridized carbons (Fsp3) is 0.350. The molecule has 0 aliphatic carbocycles. The number of rotatable bonds is 5. The number of ether oxygens (including phenoxy) is 2. The number of carbonyl (C=O) groups is 1. The molecule has 0 fully saturated rings. The van der Waals surface area contributed by atoms with Crippen molar-refractivity contribution in [2.45, 2.75) is 30.8 Å². The van der Waals surface area contributed by atoms with E-state index in [0.29, 0.717) is 36.6 Å². The summed E-state index contributed by atoms with van der Waals surface area (Å²) in [6.45, 7) is 2.82. The highest BCUT2D eigenvalue weighted by molar-refractivity contribution is 7.89. The third-order valence-electron chi connectivity index (χ3n) is 5.03. The van der Waals surface area contributed by atoms with Crippen LogP contribution < -0.4 is 19.9 Å². The van der Waals surface area contributed by atoms with Crippen molar-refractivity contribution in [3.8, 4) is 11.5 Å². The summed E-state index contributed by atoms with van der Waals surface area (Å²) in [4.78, 5) is 14.5. The van der Waals surface area contributed by atoms with Crippen LogP contribution in [0.3, 0.4) is 0 Å². The van der Waals surface area contributed by atoms with Crippen molar-refractivity contribution >= 4 is 16.1 Å². The maximum atomic E-state index is 12.8. The van der Waals surface area contributed by atoms with Crippen molar-refractivity contribution < 1.29 is 22.7 Å². The number of hydrogen-bond donors (Lipinski definition) is 2. The van der Waals surface area contributed by atoms with Gasteiger partial charge in [-0.25, -0.2) is 18.4 Å². The Balaban J connectivity index is 1.72. The number of benzene rings is 2. The van der Waals surface area contributed by atoms with Crippen molar-refractivity contribution in [3.63, 3.8) is 0 Å². The number of nitrogens with zero attached hydrogens (tertiary/aromatic N) is 1. The third kappa shape index (κ3) is 4.63. The highest BCUT2D eigenvalue weighted by Gasteiger charge is 2.24. The molecular weight excluding hydrogens is 394 g/mol. The van der Waals surface area contributed by atoms with Crippen LogP contribution in [0.4, 0.5) is 4.79 Å². The van der Waals surface area contributed by atoms with Crippen molar-refractivity contribution in [3.05, 3.63) is 53.1 Å². The van der Waals surface area contributed by atoms with Gasteiger partial charge >= 0.3 is 6.03 Å². The van der Waals surface area contributed by atoms with E-state index in [1.807, 2.05) is 12.1 Å². The predicted molar refractivity (Wildman–Crippen MR) is 108 cm³/mol. The fourth-order valence-corrected chi connectivity index (χ4v) is 3.95. The second kappa shape index (κ2) is 8.30. The Kier molecular flexibility index (Phi) is 5.99. The number of carbonyl (C=O) groups excluding carboxylic acids is 1. The second-order valence-corrected chi connectivity index (χ2v) is 8.50. The SMILES string of the molecule is COc1cc2c(cc1OC)CN(C(=O)NC(C)c1cccc(S(N)(=O)=O)c1)CC2. The summed E-state index contributed by atoms with van der Waals surface area (Å²) in [7, 11) is -0.624. The summed E-state index contributed by atoms with van der Waals surface area (Å²) in [5, 5.41) is 8.11. The van der Waals surface area contributed by atoms with Gasteiger partial charge in [-0.05, 0) is 54.3 Å².